The van der Waals surface area contributed by atoms with Crippen molar-refractivity contribution in [3.8, 4) is 17.2 Å². The van der Waals surface area contributed by atoms with Crippen LogP contribution in [0.1, 0.15) is 67.2 Å². The molecule has 2 fully saturated rings. The molecule has 0 heterocycles. The molecule has 40 heavy (non-hydrogen) atoms. The first-order valence-corrected chi connectivity index (χ1v) is 14.0. The molecule has 3 aromatic rings. The van der Waals surface area contributed by atoms with E-state index in [0.29, 0.717) is 29.3 Å². The average molecular weight is 545 g/mol. The van der Waals surface area contributed by atoms with E-state index in [1.165, 1.54) is 22.9 Å². The Morgan fingerprint density at radius 2 is 1.85 bits per heavy atom. The Balaban J connectivity index is 1.17. The maximum Gasteiger partial charge on any atom is 0.167 e. The Kier molecular flexibility index (Phi) is 7.07. The molecule has 0 aromatic heterocycles. The molecule has 0 amide bonds. The van der Waals surface area contributed by atoms with Crippen LogP contribution in [0.4, 0.5) is 8.78 Å². The number of phenols is 1. The number of phenolic OH excluding ortho intramolecular Hbond substituents is 1. The van der Waals surface area contributed by atoms with E-state index in [4.69, 9.17) is 14.6 Å². The molecule has 0 bridgehead atoms. The van der Waals surface area contributed by atoms with Crippen LogP contribution in [0.25, 0.3) is 0 Å². The van der Waals surface area contributed by atoms with Gasteiger partial charge in [0.2, 0.25) is 0 Å². The maximum absolute atomic E-state index is 14.0. The second-order valence-electron chi connectivity index (χ2n) is 11.5. The van der Waals surface area contributed by atoms with Gasteiger partial charge in [-0.1, -0.05) is 13.0 Å². The van der Waals surface area contributed by atoms with Gasteiger partial charge in [-0.05, 0) is 115 Å². The zero-order chi connectivity index (χ0) is 27.9. The standard InChI is InChI=1S/C33H34F2N2O3/c1-33-14-13-26-25-8-6-24(38)16-21(25)4-7-27(26)28(33)9-12-32(33)37-36-18-20-3-10-30(39-2)22(15-20)19-40-31-11-5-23(34)17-29(31)35/h3,5-6,8,10-11,15-18,26-28,38H,4,7,9,12-14,19H2,1-2H3/b36-18+,37-32+/t26-,27-,28+,33+/m1/s1. The van der Waals surface area contributed by atoms with Gasteiger partial charge in [-0.15, -0.1) is 0 Å². The lowest BCUT2D eigenvalue weighted by Gasteiger charge is -2.49. The third-order valence-corrected chi connectivity index (χ3v) is 9.42. The van der Waals surface area contributed by atoms with E-state index in [0.717, 1.165) is 61.8 Å². The Labute approximate surface area is 233 Å². The summed E-state index contributed by atoms with van der Waals surface area (Å²) in [6, 6.07) is 14.8. The number of hydrogen-bond acceptors (Lipinski definition) is 5. The summed E-state index contributed by atoms with van der Waals surface area (Å²) in [5.74, 6) is 1.36. The highest BCUT2D eigenvalue weighted by Gasteiger charge is 2.53. The van der Waals surface area contributed by atoms with Gasteiger partial charge in [-0.25, -0.2) is 8.78 Å². The molecule has 4 atom stereocenters. The van der Waals surface area contributed by atoms with Gasteiger partial charge in [-0.2, -0.15) is 10.2 Å². The topological polar surface area (TPSA) is 63.4 Å². The molecule has 2 saturated carbocycles. The van der Waals surface area contributed by atoms with Gasteiger partial charge in [0.1, 0.15) is 23.9 Å². The molecular formula is C33H34F2N2O3. The summed E-state index contributed by atoms with van der Waals surface area (Å²) in [6.07, 6.45) is 8.26. The number of ether oxygens (including phenoxy) is 2. The molecule has 3 aliphatic carbocycles. The van der Waals surface area contributed by atoms with E-state index in [2.05, 4.69) is 18.1 Å². The first-order valence-electron chi connectivity index (χ1n) is 14.0. The maximum atomic E-state index is 14.0. The molecule has 208 valence electrons. The number of nitrogens with zero attached hydrogens (tertiary/aromatic N) is 2. The van der Waals surface area contributed by atoms with Gasteiger partial charge in [0, 0.05) is 22.8 Å². The van der Waals surface area contributed by atoms with Crippen molar-refractivity contribution in [1.82, 2.24) is 0 Å². The number of rotatable bonds is 6. The second-order valence-corrected chi connectivity index (χ2v) is 11.5. The molecule has 7 heteroatoms. The quantitative estimate of drug-likeness (QED) is 0.257. The zero-order valence-corrected chi connectivity index (χ0v) is 22.9. The van der Waals surface area contributed by atoms with Crippen LogP contribution in [-0.2, 0) is 13.0 Å². The highest BCUT2D eigenvalue weighted by atomic mass is 19.1. The van der Waals surface area contributed by atoms with Crippen LogP contribution in [0, 0.1) is 28.9 Å². The molecule has 5 nitrogen and oxygen atoms in total. The van der Waals surface area contributed by atoms with Crippen molar-refractivity contribution in [2.45, 2.75) is 58.0 Å². The molecular weight excluding hydrogens is 510 g/mol. The molecule has 0 radical (unpaired) electrons. The lowest BCUT2D eigenvalue weighted by atomic mass is 9.55. The summed E-state index contributed by atoms with van der Waals surface area (Å²) in [5.41, 5.74) is 5.55. The molecule has 0 aliphatic heterocycles. The van der Waals surface area contributed by atoms with Crippen molar-refractivity contribution in [1.29, 1.82) is 0 Å². The summed E-state index contributed by atoms with van der Waals surface area (Å²) in [7, 11) is 1.57. The van der Waals surface area contributed by atoms with Gasteiger partial charge in [0.25, 0.3) is 0 Å². The number of halogens is 2. The van der Waals surface area contributed by atoms with Crippen LogP contribution in [0.15, 0.2) is 64.8 Å². The van der Waals surface area contributed by atoms with Gasteiger partial charge < -0.3 is 14.6 Å². The SMILES string of the molecule is COc1ccc(/C=N/N=C2\CC[C@H]3[C@@H]4CCc5cc(O)ccc5[C@H]4CC[C@]23C)cc1COc1ccc(F)cc1F. The first-order chi connectivity index (χ1) is 19.4. The van der Waals surface area contributed by atoms with E-state index in [1.54, 1.807) is 13.3 Å². The molecule has 3 aliphatic rings. The highest BCUT2D eigenvalue weighted by Crippen LogP contribution is 2.60. The minimum Gasteiger partial charge on any atom is -0.508 e. The van der Waals surface area contributed by atoms with Gasteiger partial charge in [0.15, 0.2) is 11.6 Å². The number of fused-ring (bicyclic) bond motifs is 5. The number of hydrogen-bond donors (Lipinski definition) is 1. The number of aromatic hydroxyl groups is 1. The number of methoxy groups -OCH3 is 1. The van der Waals surface area contributed by atoms with E-state index < -0.39 is 11.6 Å². The number of benzene rings is 3. The summed E-state index contributed by atoms with van der Waals surface area (Å²) >= 11 is 0. The Morgan fingerprint density at radius 3 is 2.67 bits per heavy atom. The van der Waals surface area contributed by atoms with Crippen molar-refractivity contribution in [2.24, 2.45) is 27.5 Å². The van der Waals surface area contributed by atoms with Crippen LogP contribution in [0.5, 0.6) is 17.2 Å². The molecule has 1 N–H and O–H groups in total. The Morgan fingerprint density at radius 1 is 1.00 bits per heavy atom. The predicted octanol–water partition coefficient (Wildman–Crippen LogP) is 7.59. The lowest BCUT2D eigenvalue weighted by molar-refractivity contribution is 0.0955. The Hall–Kier alpha value is -3.74. The van der Waals surface area contributed by atoms with Gasteiger partial charge in [0.05, 0.1) is 13.3 Å². The molecule has 0 unspecified atom stereocenters. The third kappa shape index (κ3) is 4.87. The van der Waals surface area contributed by atoms with E-state index in [-0.39, 0.29) is 17.8 Å². The van der Waals surface area contributed by atoms with Crippen LogP contribution in [0.3, 0.4) is 0 Å². The predicted molar refractivity (Wildman–Crippen MR) is 151 cm³/mol. The van der Waals surface area contributed by atoms with Crippen LogP contribution in [0.2, 0.25) is 0 Å². The van der Waals surface area contributed by atoms with Crippen molar-refractivity contribution in [3.05, 3.63) is 88.5 Å². The zero-order valence-electron chi connectivity index (χ0n) is 22.9. The van der Waals surface area contributed by atoms with Crippen molar-refractivity contribution < 1.29 is 23.4 Å². The van der Waals surface area contributed by atoms with E-state index in [9.17, 15) is 13.9 Å². The average Bonchev–Trinajstić information content (AvgIpc) is 3.28. The fourth-order valence-electron chi connectivity index (χ4n) is 7.43. The minimum atomic E-state index is -0.748. The second kappa shape index (κ2) is 10.7. The largest absolute Gasteiger partial charge is 0.508 e. The van der Waals surface area contributed by atoms with Crippen LogP contribution in [-0.4, -0.2) is 24.1 Å². The van der Waals surface area contributed by atoms with Gasteiger partial charge >= 0.3 is 0 Å². The summed E-state index contributed by atoms with van der Waals surface area (Å²) < 4.78 is 38.3. The summed E-state index contributed by atoms with van der Waals surface area (Å²) in [4.78, 5) is 0. The monoisotopic (exact) mass is 544 g/mol. The fraction of sp³-hybridized carbons (Fsp3) is 0.394. The third-order valence-electron chi connectivity index (χ3n) is 9.42. The van der Waals surface area contributed by atoms with Crippen LogP contribution >= 0.6 is 0 Å². The van der Waals surface area contributed by atoms with E-state index >= 15 is 0 Å². The fourth-order valence-corrected chi connectivity index (χ4v) is 7.43. The Bertz CT molecular complexity index is 1490. The van der Waals surface area contributed by atoms with Crippen molar-refractivity contribution in [3.63, 3.8) is 0 Å². The summed E-state index contributed by atoms with van der Waals surface area (Å²) in [6.45, 7) is 2.44. The smallest absolute Gasteiger partial charge is 0.167 e. The first kappa shape index (κ1) is 26.5. The molecule has 6 rings (SSSR count). The molecule has 3 aromatic carbocycles. The minimum absolute atomic E-state index is 0.0210. The van der Waals surface area contributed by atoms with Crippen molar-refractivity contribution in [2.75, 3.05) is 7.11 Å². The molecule has 0 saturated heterocycles. The van der Waals surface area contributed by atoms with Crippen LogP contribution < -0.4 is 9.47 Å². The summed E-state index contributed by atoms with van der Waals surface area (Å²) in [5, 5.41) is 19.2. The lowest BCUT2D eigenvalue weighted by Crippen LogP contribution is -2.42. The molecule has 0 spiro atoms. The number of aryl methyl sites for hydroxylation is 1. The highest BCUT2D eigenvalue weighted by molar-refractivity contribution is 5.93. The van der Waals surface area contributed by atoms with Crippen molar-refractivity contribution >= 4 is 11.9 Å². The normalized spacial score (nSPS) is 26.4. The van der Waals surface area contributed by atoms with Gasteiger partial charge in [-0.3, -0.25) is 0 Å². The van der Waals surface area contributed by atoms with E-state index in [1.807, 2.05) is 30.3 Å².